The molecular formula is C122H200AcO10. The van der Waals surface area contributed by atoms with Crippen molar-refractivity contribution >= 4 is 11.9 Å². The standard InChI is InChI=1S/C32H54O2.2C30H48O3.C30H50O2.Ac/c1-21(2)22-12-17-32(20-33-8)19-18-30(6)23(27(22)32)10-11-25-29(5)15-14-26(34-9)28(3,4)24(29)13-16-31(25,30)7;2*1-18(2)19-10-15-30(25(32)33)17-16-28(6)20(24(19)30)8-9-22-27(5)13-12-23(31)26(3,4)21(27)11-14-29(22,28)7;1-19(2)20-10-15-30(18-31)17-16-28(6)21(25(20)30)8-9-23-27(5)13-12-24(32)26(3,4)22(27)11-14-29(23,28)7;/h22-27H,1,10-20H2,2-9H3;2*19-24,31H,1,8-17H2,2-7H3,(H,32,33);20-25,31-32H,1,8-18H2,2-7H3;/t22-,23?,24?,25?,26?,27?,29-,30+,31+,32+;2*19-,20?,21?,22?,23?,24?,27-,28+,29+,30?;20-,21+,22-,23+,24-,25+,27-,28+,29+,30+;/m0000./s1. The Morgan fingerprint density at radius 2 is 0.549 bits per heavy atom. The zero-order chi connectivity index (χ0) is 96.4. The topological polar surface area (TPSA) is 174 Å². The van der Waals surface area contributed by atoms with Crippen LogP contribution in [-0.4, -0.2) is 94.4 Å². The molecule has 20 rings (SSSR count). The van der Waals surface area contributed by atoms with Crippen LogP contribution >= 0.6 is 0 Å². The van der Waals surface area contributed by atoms with Crippen LogP contribution in [0.15, 0.2) is 48.6 Å². The molecule has 0 heterocycles. The largest absolute Gasteiger partial charge is 0.481 e. The Morgan fingerprint density at radius 1 is 0.286 bits per heavy atom. The van der Waals surface area contributed by atoms with Crippen molar-refractivity contribution < 1.29 is 93.8 Å². The summed E-state index contributed by atoms with van der Waals surface area (Å²) in [5.41, 5.74) is 8.75. The van der Waals surface area contributed by atoms with Gasteiger partial charge in [-0.2, -0.15) is 0 Å². The third kappa shape index (κ3) is 14.2. The average molecular weight is 2050 g/mol. The number of carboxylic acids is 2. The zero-order valence-electron chi connectivity index (χ0n) is 90.3. The normalized spacial score (nSPS) is 54.7. The Kier molecular flexibility index (Phi) is 27.3. The van der Waals surface area contributed by atoms with Crippen molar-refractivity contribution in [1.29, 1.82) is 0 Å². The van der Waals surface area contributed by atoms with E-state index in [1.165, 1.54) is 196 Å². The van der Waals surface area contributed by atoms with Gasteiger partial charge in [0.25, 0.3) is 0 Å². The molecule has 10 nitrogen and oxygen atoms in total. The Labute approximate surface area is 848 Å². The van der Waals surface area contributed by atoms with Gasteiger partial charge in [-0.15, -0.1) is 0 Å². The van der Waals surface area contributed by atoms with Gasteiger partial charge < -0.3 is 40.1 Å². The Bertz CT molecular complexity index is 4280. The van der Waals surface area contributed by atoms with E-state index in [0.29, 0.717) is 122 Å². The summed E-state index contributed by atoms with van der Waals surface area (Å²) in [5.74, 6) is 10.8. The number of hydrogen-bond donors (Lipinski definition) is 6. The van der Waals surface area contributed by atoms with Gasteiger partial charge in [0.1, 0.15) is 0 Å². The predicted molar refractivity (Wildman–Crippen MR) is 539 cm³/mol. The number of aliphatic carboxylic acids is 2. The zero-order valence-corrected chi connectivity index (χ0v) is 95.0. The molecule has 0 spiro atoms. The number of aliphatic hydroxyl groups is 4. The monoisotopic (exact) mass is 2050 g/mol. The minimum absolute atomic E-state index is 0. The Morgan fingerprint density at radius 3 is 0.842 bits per heavy atom. The van der Waals surface area contributed by atoms with E-state index in [-0.39, 0.29) is 134 Å². The number of methoxy groups -OCH3 is 2. The van der Waals surface area contributed by atoms with Crippen molar-refractivity contribution in [3.05, 3.63) is 48.6 Å². The van der Waals surface area contributed by atoms with Crippen molar-refractivity contribution in [2.24, 2.45) is 227 Å². The smallest absolute Gasteiger partial charge is 0.309 e. The second kappa shape index (κ2) is 34.6. The number of hydrogen-bond acceptors (Lipinski definition) is 8. The van der Waals surface area contributed by atoms with Gasteiger partial charge in [-0.1, -0.05) is 187 Å². The first-order valence-electron chi connectivity index (χ1n) is 56.0. The molecule has 11 heteroatoms. The molecule has 6 N–H and O–H groups in total. The second-order valence-corrected chi connectivity index (χ2v) is 58.7. The van der Waals surface area contributed by atoms with E-state index in [0.717, 1.165) is 126 Å². The molecule has 20 fully saturated rings. The summed E-state index contributed by atoms with van der Waals surface area (Å²) in [6, 6.07) is 0. The molecule has 133 heavy (non-hydrogen) atoms. The molecule has 0 aromatic heterocycles. The third-order valence-corrected chi connectivity index (χ3v) is 54.4. The van der Waals surface area contributed by atoms with Gasteiger partial charge in [-0.25, -0.2) is 0 Å². The molecule has 40 atom stereocenters. The van der Waals surface area contributed by atoms with Gasteiger partial charge in [-0.3, -0.25) is 9.59 Å². The van der Waals surface area contributed by atoms with Gasteiger partial charge >= 0.3 is 11.9 Å². The van der Waals surface area contributed by atoms with Crippen LogP contribution in [0.4, 0.5) is 0 Å². The van der Waals surface area contributed by atoms with Crippen LogP contribution in [-0.2, 0) is 19.1 Å². The van der Waals surface area contributed by atoms with Crippen molar-refractivity contribution in [1.82, 2.24) is 0 Å². The van der Waals surface area contributed by atoms with Gasteiger partial charge in [0.2, 0.25) is 0 Å². The first-order valence-corrected chi connectivity index (χ1v) is 56.0. The van der Waals surface area contributed by atoms with Crippen LogP contribution in [0.1, 0.15) is 423 Å². The van der Waals surface area contributed by atoms with Crippen LogP contribution in [0.5, 0.6) is 0 Å². The number of rotatable bonds is 10. The van der Waals surface area contributed by atoms with Crippen molar-refractivity contribution in [2.75, 3.05) is 27.4 Å². The minimum atomic E-state index is -0.538. The first-order chi connectivity index (χ1) is 61.3. The summed E-state index contributed by atoms with van der Waals surface area (Å²) in [5, 5.41) is 64.3. The van der Waals surface area contributed by atoms with Gasteiger partial charge in [-0.05, 0) is 500 Å². The SMILES string of the molecule is C=C(C)[C@@H]1CCC2(C(=O)O)CC[C@]3(C)C(CCC4[C@@]5(C)CCC(O)C(C)(C)C5CC[C@]43C)C12.C=C(C)[C@@H]1CCC2(C(=O)O)CC[C@]3(C)C(CCC4[C@@]5(C)CCC(O)C(C)(C)C5CC[C@]43C)C12.C=C(C)[C@@H]1CC[C@]2(CO)CC[C@]3(C)[C@H](CC[C@@H]4[C@@]5(C)CC[C@H](O)C(C)(C)[C@@H]5CC[C@]43C)[C@@H]12.C=C(C)[C@@H]1CC[C@]2(COC)CC[C@]3(C)C(CCC4[C@@]5(C)CCC(OC)C(C)(C)C5CC[C@]43C)C12.[Ac]. The molecule has 0 aliphatic heterocycles. The number of fused-ring (bicyclic) bond motifs is 28. The molecule has 20 saturated carbocycles. The van der Waals surface area contributed by atoms with Crippen molar-refractivity contribution in [3.63, 3.8) is 0 Å². The summed E-state index contributed by atoms with van der Waals surface area (Å²) >= 11 is 0. The van der Waals surface area contributed by atoms with E-state index in [2.05, 4.69) is 192 Å². The number of aliphatic hydroxyl groups excluding tert-OH is 4. The maximum absolute atomic E-state index is 12.8. The maximum atomic E-state index is 12.8. The Hall–Kier alpha value is -0.898. The molecule has 1 radical (unpaired) electrons. The van der Waals surface area contributed by atoms with Crippen LogP contribution in [0.3, 0.4) is 0 Å². The van der Waals surface area contributed by atoms with Crippen molar-refractivity contribution in [3.8, 4) is 0 Å². The van der Waals surface area contributed by atoms with E-state index in [9.17, 15) is 40.2 Å². The molecular weight excluding hydrogens is 1850 g/mol. The molecule has 20 aliphatic rings. The van der Waals surface area contributed by atoms with Crippen molar-refractivity contribution in [2.45, 2.75) is 447 Å². The summed E-state index contributed by atoms with van der Waals surface area (Å²) in [6.07, 6.45) is 47.2. The fourth-order valence-corrected chi connectivity index (χ4v) is 46.8. The number of allylic oxidation sites excluding steroid dienone is 4. The molecule has 20 aliphatic carbocycles. The predicted octanol–water partition coefficient (Wildman–Crippen LogP) is 29.5. The summed E-state index contributed by atoms with van der Waals surface area (Å²) < 4.78 is 12.0. The minimum Gasteiger partial charge on any atom is -0.481 e. The van der Waals surface area contributed by atoms with Crippen LogP contribution in [0.2, 0.25) is 0 Å². The van der Waals surface area contributed by atoms with Gasteiger partial charge in [0.05, 0.1) is 41.9 Å². The molecule has 17 unspecified atom stereocenters. The number of carboxylic acid groups (broad SMARTS) is 2. The summed E-state index contributed by atoms with van der Waals surface area (Å²) in [6.45, 7) is 78.5. The first kappa shape index (κ1) is 105. The third-order valence-electron chi connectivity index (χ3n) is 54.4. The average Bonchev–Trinajstić information content (AvgIpc) is 1.67. The quantitative estimate of drug-likeness (QED) is 0.116. The van der Waals surface area contributed by atoms with Gasteiger partial charge in [0, 0.05) is 64.9 Å². The summed E-state index contributed by atoms with van der Waals surface area (Å²) in [4.78, 5) is 25.5. The van der Waals surface area contributed by atoms with E-state index in [1.807, 2.05) is 14.2 Å². The maximum Gasteiger partial charge on any atom is 0.309 e. The Balaban J connectivity index is 0.000000129. The molecule has 0 aromatic rings. The number of carbonyl (C=O) groups is 2. The molecule has 0 amide bonds. The summed E-state index contributed by atoms with van der Waals surface area (Å²) in [7, 11) is 3.88. The second-order valence-electron chi connectivity index (χ2n) is 58.7. The van der Waals surface area contributed by atoms with E-state index >= 15 is 0 Å². The molecule has 0 bridgehead atoms. The van der Waals surface area contributed by atoms with Crippen LogP contribution < -0.4 is 0 Å². The fraction of sp³-hybridized carbons (Fsp3) is 0.918. The van der Waals surface area contributed by atoms with Crippen LogP contribution in [0, 0.1) is 271 Å². The molecule has 0 saturated heterocycles. The van der Waals surface area contributed by atoms with Crippen LogP contribution in [0.25, 0.3) is 0 Å². The van der Waals surface area contributed by atoms with Gasteiger partial charge in [0.15, 0.2) is 0 Å². The fourth-order valence-electron chi connectivity index (χ4n) is 46.8. The van der Waals surface area contributed by atoms with E-state index in [4.69, 9.17) is 9.47 Å². The molecule has 751 valence electrons. The van der Waals surface area contributed by atoms with E-state index in [1.54, 1.807) is 0 Å². The molecule has 0 aromatic carbocycles. The van der Waals surface area contributed by atoms with E-state index < -0.39 is 22.8 Å². The number of ether oxygens (including phenoxy) is 2.